The number of guanidine groups is 1. The first-order valence-corrected chi connectivity index (χ1v) is 7.72. The lowest BCUT2D eigenvalue weighted by Crippen LogP contribution is -2.38. The molecule has 0 aromatic carbocycles. The quantitative estimate of drug-likeness (QED) is 0.262. The van der Waals surface area contributed by atoms with E-state index in [2.05, 4.69) is 34.6 Å². The summed E-state index contributed by atoms with van der Waals surface area (Å²) >= 11 is 0. The van der Waals surface area contributed by atoms with Gasteiger partial charge in [0.2, 0.25) is 0 Å². The Labute approximate surface area is 151 Å². The Kier molecular flexibility index (Phi) is 13.3. The highest BCUT2D eigenvalue weighted by Gasteiger charge is 1.98. The van der Waals surface area contributed by atoms with Gasteiger partial charge in [-0.05, 0) is 24.8 Å². The van der Waals surface area contributed by atoms with E-state index in [9.17, 15) is 0 Å². The smallest absolute Gasteiger partial charge is 0.190 e. The van der Waals surface area contributed by atoms with Crippen LogP contribution < -0.4 is 10.6 Å². The monoisotopic (exact) mass is 423 g/mol. The topological polar surface area (TPSA) is 63.5 Å². The van der Waals surface area contributed by atoms with E-state index < -0.39 is 0 Å². The maximum absolute atomic E-state index is 5.54. The van der Waals surface area contributed by atoms with Gasteiger partial charge in [-0.1, -0.05) is 13.8 Å². The van der Waals surface area contributed by atoms with Crippen LogP contribution in [-0.4, -0.2) is 49.1 Å². The number of aromatic nitrogens is 2. The molecule has 2 N–H and O–H groups in total. The molecule has 1 rings (SSSR count). The van der Waals surface area contributed by atoms with Crippen LogP contribution in [-0.2, 0) is 11.3 Å². The van der Waals surface area contributed by atoms with Crippen LogP contribution in [0.2, 0.25) is 0 Å². The van der Waals surface area contributed by atoms with Gasteiger partial charge in [-0.2, -0.15) is 5.10 Å². The number of hydrogen-bond acceptors (Lipinski definition) is 3. The molecule has 1 aromatic rings. The highest BCUT2D eigenvalue weighted by atomic mass is 127. The maximum atomic E-state index is 5.54. The van der Waals surface area contributed by atoms with Gasteiger partial charge in [0, 0.05) is 52.3 Å². The van der Waals surface area contributed by atoms with Crippen molar-refractivity contribution in [3.63, 3.8) is 0 Å². The van der Waals surface area contributed by atoms with Crippen LogP contribution in [0.25, 0.3) is 0 Å². The molecule has 0 bridgehead atoms. The Morgan fingerprint density at radius 3 is 2.59 bits per heavy atom. The van der Waals surface area contributed by atoms with Crippen molar-refractivity contribution in [1.82, 2.24) is 20.4 Å². The summed E-state index contributed by atoms with van der Waals surface area (Å²) < 4.78 is 7.47. The zero-order valence-electron chi connectivity index (χ0n) is 13.9. The summed E-state index contributed by atoms with van der Waals surface area (Å²) in [5.41, 5.74) is 0. The molecule has 0 atom stereocenters. The Morgan fingerprint density at radius 2 is 2.00 bits per heavy atom. The van der Waals surface area contributed by atoms with Crippen LogP contribution in [0, 0.1) is 5.92 Å². The van der Waals surface area contributed by atoms with Crippen LogP contribution in [0.15, 0.2) is 23.5 Å². The van der Waals surface area contributed by atoms with E-state index in [1.54, 1.807) is 13.2 Å². The summed E-state index contributed by atoms with van der Waals surface area (Å²) in [7, 11) is 1.79. The molecule has 0 radical (unpaired) electrons. The van der Waals surface area contributed by atoms with Crippen molar-refractivity contribution in [2.24, 2.45) is 10.9 Å². The molecule has 0 aliphatic carbocycles. The van der Waals surface area contributed by atoms with E-state index in [4.69, 9.17) is 4.74 Å². The van der Waals surface area contributed by atoms with Gasteiger partial charge in [0.1, 0.15) is 0 Å². The number of aliphatic imine (C=N–C) groups is 1. The number of ether oxygens (including phenoxy) is 1. The van der Waals surface area contributed by atoms with E-state index in [0.29, 0.717) is 5.92 Å². The molecular formula is C15H30IN5O. The summed E-state index contributed by atoms with van der Waals surface area (Å²) in [5, 5.41) is 10.8. The van der Waals surface area contributed by atoms with Crippen LogP contribution in [0.5, 0.6) is 0 Å². The number of aryl methyl sites for hydroxylation is 1. The molecule has 22 heavy (non-hydrogen) atoms. The van der Waals surface area contributed by atoms with Crippen LogP contribution in [0.1, 0.15) is 26.7 Å². The third-order valence-electron chi connectivity index (χ3n) is 2.85. The third kappa shape index (κ3) is 10.8. The Hall–Kier alpha value is -0.830. The number of nitrogens with one attached hydrogen (secondary N) is 2. The van der Waals surface area contributed by atoms with E-state index in [0.717, 1.165) is 51.6 Å². The summed E-state index contributed by atoms with van der Waals surface area (Å²) in [6.07, 6.45) is 5.78. The second kappa shape index (κ2) is 13.8. The molecule has 0 fully saturated rings. The van der Waals surface area contributed by atoms with Crippen molar-refractivity contribution in [2.45, 2.75) is 33.2 Å². The van der Waals surface area contributed by atoms with Crippen molar-refractivity contribution < 1.29 is 4.74 Å². The minimum atomic E-state index is 0. The average molecular weight is 423 g/mol. The lowest BCUT2D eigenvalue weighted by molar-refractivity contribution is 0.108. The summed E-state index contributed by atoms with van der Waals surface area (Å²) in [5.74, 6) is 1.45. The summed E-state index contributed by atoms with van der Waals surface area (Å²) in [6.45, 7) is 8.61. The molecule has 0 saturated carbocycles. The van der Waals surface area contributed by atoms with E-state index >= 15 is 0 Å². The zero-order valence-corrected chi connectivity index (χ0v) is 16.2. The molecule has 7 heteroatoms. The first-order valence-electron chi connectivity index (χ1n) is 7.72. The van der Waals surface area contributed by atoms with Gasteiger partial charge in [-0.25, -0.2) is 0 Å². The minimum Gasteiger partial charge on any atom is -0.381 e. The van der Waals surface area contributed by atoms with Crippen molar-refractivity contribution in [3.8, 4) is 0 Å². The number of nitrogens with zero attached hydrogens (tertiary/aromatic N) is 3. The lowest BCUT2D eigenvalue weighted by atomic mass is 10.2. The number of halogens is 1. The lowest BCUT2D eigenvalue weighted by Gasteiger charge is -2.12. The molecule has 0 unspecified atom stereocenters. The third-order valence-corrected chi connectivity index (χ3v) is 2.85. The fourth-order valence-corrected chi connectivity index (χ4v) is 1.80. The minimum absolute atomic E-state index is 0. The van der Waals surface area contributed by atoms with E-state index in [-0.39, 0.29) is 24.0 Å². The fourth-order valence-electron chi connectivity index (χ4n) is 1.80. The van der Waals surface area contributed by atoms with Crippen molar-refractivity contribution >= 4 is 29.9 Å². The van der Waals surface area contributed by atoms with Gasteiger partial charge >= 0.3 is 0 Å². The predicted molar refractivity (Wildman–Crippen MR) is 102 cm³/mol. The van der Waals surface area contributed by atoms with Gasteiger partial charge < -0.3 is 15.4 Å². The maximum Gasteiger partial charge on any atom is 0.190 e. The first-order chi connectivity index (χ1) is 10.2. The second-order valence-electron chi connectivity index (χ2n) is 5.37. The molecule has 1 heterocycles. The molecule has 0 amide bonds. The molecule has 0 aliphatic heterocycles. The molecular weight excluding hydrogens is 393 g/mol. The van der Waals surface area contributed by atoms with Crippen molar-refractivity contribution in [1.29, 1.82) is 0 Å². The predicted octanol–water partition coefficient (Wildman–Crippen LogP) is 2.12. The molecule has 1 aromatic heterocycles. The molecule has 0 aliphatic rings. The van der Waals surface area contributed by atoms with Crippen LogP contribution in [0.4, 0.5) is 0 Å². The van der Waals surface area contributed by atoms with E-state index in [1.165, 1.54) is 0 Å². The van der Waals surface area contributed by atoms with Crippen molar-refractivity contribution in [2.75, 3.05) is 33.4 Å². The molecule has 6 nitrogen and oxygen atoms in total. The Balaban J connectivity index is 0.00000441. The Bertz CT molecular complexity index is 381. The normalized spacial score (nSPS) is 11.4. The van der Waals surface area contributed by atoms with Gasteiger partial charge in [-0.3, -0.25) is 9.67 Å². The highest BCUT2D eigenvalue weighted by molar-refractivity contribution is 14.0. The first kappa shape index (κ1) is 21.2. The number of rotatable bonds is 10. The fraction of sp³-hybridized carbons (Fsp3) is 0.733. The van der Waals surface area contributed by atoms with Crippen LogP contribution >= 0.6 is 24.0 Å². The highest BCUT2D eigenvalue weighted by Crippen LogP contribution is 1.93. The molecule has 0 spiro atoms. The van der Waals surface area contributed by atoms with Gasteiger partial charge in [-0.15, -0.1) is 24.0 Å². The molecule has 0 saturated heterocycles. The van der Waals surface area contributed by atoms with Gasteiger partial charge in [0.05, 0.1) is 0 Å². The second-order valence-corrected chi connectivity index (χ2v) is 5.37. The van der Waals surface area contributed by atoms with Crippen molar-refractivity contribution in [3.05, 3.63) is 18.5 Å². The average Bonchev–Trinajstić information content (AvgIpc) is 2.97. The zero-order chi connectivity index (χ0) is 15.3. The van der Waals surface area contributed by atoms with Gasteiger partial charge in [0.25, 0.3) is 0 Å². The summed E-state index contributed by atoms with van der Waals surface area (Å²) in [6, 6.07) is 1.94. The molecule has 128 valence electrons. The van der Waals surface area contributed by atoms with E-state index in [1.807, 2.05) is 16.9 Å². The summed E-state index contributed by atoms with van der Waals surface area (Å²) in [4.78, 5) is 4.20. The standard InChI is InChI=1S/C15H29N5O.HI/c1-14(2)13-21-12-6-8-18-15(16-3)17-7-4-10-20-11-5-9-19-20;/h5,9,11,14H,4,6-8,10,12-13H2,1-3H3,(H2,16,17,18);1H. The van der Waals surface area contributed by atoms with Crippen LogP contribution in [0.3, 0.4) is 0 Å². The largest absolute Gasteiger partial charge is 0.381 e. The Morgan fingerprint density at radius 1 is 1.27 bits per heavy atom. The SMILES string of the molecule is CN=C(NCCCOCC(C)C)NCCCn1cccn1.I. The van der Waals surface area contributed by atoms with Gasteiger partial charge in [0.15, 0.2) is 5.96 Å². The number of hydrogen-bond donors (Lipinski definition) is 2.